The summed E-state index contributed by atoms with van der Waals surface area (Å²) in [6, 6.07) is 6.18. The molecule has 1 amide bonds. The predicted octanol–water partition coefficient (Wildman–Crippen LogP) is 4.70. The van der Waals surface area contributed by atoms with Gasteiger partial charge in [0.05, 0.1) is 0 Å². The van der Waals surface area contributed by atoms with E-state index >= 15 is 0 Å². The second-order valence-corrected chi connectivity index (χ2v) is 8.74. The highest BCUT2D eigenvalue weighted by Gasteiger charge is 2.21. The van der Waals surface area contributed by atoms with Gasteiger partial charge in [-0.1, -0.05) is 42.8 Å². The van der Waals surface area contributed by atoms with E-state index in [0.717, 1.165) is 24.8 Å². The molecular weight excluding hydrogens is 398 g/mol. The molecule has 3 atom stereocenters. The number of allylic oxidation sites excluding steroid dienone is 4. The summed E-state index contributed by atoms with van der Waals surface area (Å²) in [6.07, 6.45) is 14.7. The smallest absolute Gasteiger partial charge is 0.251 e. The quantitative estimate of drug-likeness (QED) is 0.299. The van der Waals surface area contributed by atoms with Crippen molar-refractivity contribution in [1.29, 1.82) is 0 Å². The Kier molecular flexibility index (Phi) is 10.4. The van der Waals surface area contributed by atoms with Gasteiger partial charge in [0.25, 0.3) is 5.91 Å². The van der Waals surface area contributed by atoms with Gasteiger partial charge in [0.15, 0.2) is 6.29 Å². The van der Waals surface area contributed by atoms with E-state index in [1.165, 1.54) is 19.4 Å². The van der Waals surface area contributed by atoms with Crippen LogP contribution in [0.2, 0.25) is 0 Å². The highest BCUT2D eigenvalue weighted by Crippen LogP contribution is 2.23. The first-order chi connectivity index (χ1) is 15.4. The molecule has 5 heteroatoms. The van der Waals surface area contributed by atoms with Crippen molar-refractivity contribution in [1.82, 2.24) is 15.5 Å². The molecule has 1 saturated heterocycles. The van der Waals surface area contributed by atoms with Crippen molar-refractivity contribution in [2.45, 2.75) is 53.0 Å². The molecule has 1 aliphatic rings. The summed E-state index contributed by atoms with van der Waals surface area (Å²) in [7, 11) is 1.59. The van der Waals surface area contributed by atoms with Crippen molar-refractivity contribution in [3.8, 4) is 0 Å². The number of aldehydes is 1. The van der Waals surface area contributed by atoms with Gasteiger partial charge in [-0.15, -0.1) is 0 Å². The van der Waals surface area contributed by atoms with E-state index in [2.05, 4.69) is 54.5 Å². The lowest BCUT2D eigenvalue weighted by Gasteiger charge is -2.25. The standard InChI is InChI=1S/C27H39N3O2/c1-6-8-23(13-16-30-15-7-9-22(30)4)21(3)12-14-29-18-24(19-31)26-17-20(2)10-11-25(26)27(32)28-5/h6,8,10-12,14,17-19,21-23,29H,7,9,13,15-16H2,1-5H3,(H,28,32)/b8-6-,14-12+,24-18+. The van der Waals surface area contributed by atoms with Gasteiger partial charge in [-0.25, -0.2) is 0 Å². The highest BCUT2D eigenvalue weighted by atomic mass is 16.1. The van der Waals surface area contributed by atoms with E-state index in [-0.39, 0.29) is 5.91 Å². The Hall–Kier alpha value is -2.66. The van der Waals surface area contributed by atoms with Crippen molar-refractivity contribution in [2.24, 2.45) is 11.8 Å². The fourth-order valence-corrected chi connectivity index (χ4v) is 4.31. The molecular formula is C27H39N3O2. The lowest BCUT2D eigenvalue weighted by molar-refractivity contribution is -0.103. The molecule has 2 rings (SSSR count). The first-order valence-corrected chi connectivity index (χ1v) is 11.7. The summed E-state index contributed by atoms with van der Waals surface area (Å²) in [4.78, 5) is 26.6. The molecule has 1 aromatic carbocycles. The van der Waals surface area contributed by atoms with Crippen LogP contribution in [-0.4, -0.2) is 43.3 Å². The summed E-state index contributed by atoms with van der Waals surface area (Å²) in [5, 5.41) is 5.77. The first-order valence-electron chi connectivity index (χ1n) is 11.7. The van der Waals surface area contributed by atoms with Gasteiger partial charge in [0.2, 0.25) is 0 Å². The van der Waals surface area contributed by atoms with E-state index in [4.69, 9.17) is 0 Å². The van der Waals surface area contributed by atoms with Crippen molar-refractivity contribution >= 4 is 17.8 Å². The van der Waals surface area contributed by atoms with Gasteiger partial charge in [-0.2, -0.15) is 0 Å². The second kappa shape index (κ2) is 13.0. The molecule has 1 fully saturated rings. The number of aryl methyl sites for hydroxylation is 1. The summed E-state index contributed by atoms with van der Waals surface area (Å²) in [6.45, 7) is 10.9. The summed E-state index contributed by atoms with van der Waals surface area (Å²) < 4.78 is 0. The maximum Gasteiger partial charge on any atom is 0.251 e. The van der Waals surface area contributed by atoms with Gasteiger partial charge in [0, 0.05) is 30.4 Å². The van der Waals surface area contributed by atoms with E-state index in [0.29, 0.717) is 34.6 Å². The number of hydrogen-bond donors (Lipinski definition) is 2. The fraction of sp³-hybridized carbons (Fsp3) is 0.481. The molecule has 32 heavy (non-hydrogen) atoms. The van der Waals surface area contributed by atoms with E-state index in [9.17, 15) is 9.59 Å². The maximum atomic E-state index is 12.2. The Labute approximate surface area is 193 Å². The number of amides is 1. The van der Waals surface area contributed by atoms with Gasteiger partial charge in [-0.05, 0) is 82.8 Å². The molecule has 0 bridgehead atoms. The van der Waals surface area contributed by atoms with Crippen LogP contribution in [0.3, 0.4) is 0 Å². The monoisotopic (exact) mass is 437 g/mol. The number of likely N-dealkylation sites (tertiary alicyclic amines) is 1. The van der Waals surface area contributed by atoms with Crippen LogP contribution in [0.4, 0.5) is 0 Å². The first kappa shape index (κ1) is 25.6. The van der Waals surface area contributed by atoms with Crippen LogP contribution in [0.15, 0.2) is 48.8 Å². The van der Waals surface area contributed by atoms with Crippen molar-refractivity contribution in [3.63, 3.8) is 0 Å². The van der Waals surface area contributed by atoms with Crippen molar-refractivity contribution in [2.75, 3.05) is 20.1 Å². The maximum absolute atomic E-state index is 12.2. The number of nitrogens with one attached hydrogen (secondary N) is 2. The Bertz CT molecular complexity index is 856. The number of nitrogens with zero attached hydrogens (tertiary/aromatic N) is 1. The third kappa shape index (κ3) is 7.20. The SMILES string of the molecule is C/C=C\C(CCN1CCCC1C)C(C)/C=C/N/C=C(\C=O)c1cc(C)ccc1C(=O)NC. The molecule has 2 N–H and O–H groups in total. The third-order valence-electron chi connectivity index (χ3n) is 6.37. The minimum Gasteiger partial charge on any atom is -0.367 e. The molecule has 1 aliphatic heterocycles. The summed E-state index contributed by atoms with van der Waals surface area (Å²) in [5.41, 5.74) is 2.54. The Morgan fingerprint density at radius 3 is 2.69 bits per heavy atom. The largest absolute Gasteiger partial charge is 0.367 e. The average molecular weight is 438 g/mol. The average Bonchev–Trinajstić information content (AvgIpc) is 3.20. The van der Waals surface area contributed by atoms with Crippen molar-refractivity contribution in [3.05, 3.63) is 65.5 Å². The highest BCUT2D eigenvalue weighted by molar-refractivity contribution is 6.12. The third-order valence-corrected chi connectivity index (χ3v) is 6.37. The molecule has 0 radical (unpaired) electrons. The lowest BCUT2D eigenvalue weighted by atomic mass is 9.90. The van der Waals surface area contributed by atoms with Crippen LogP contribution in [0.5, 0.6) is 0 Å². The van der Waals surface area contributed by atoms with Gasteiger partial charge < -0.3 is 15.5 Å². The molecule has 0 aromatic heterocycles. The minimum absolute atomic E-state index is 0.210. The Morgan fingerprint density at radius 2 is 2.06 bits per heavy atom. The zero-order chi connectivity index (χ0) is 23.5. The van der Waals surface area contributed by atoms with E-state index in [1.54, 1.807) is 19.3 Å². The molecule has 0 spiro atoms. The van der Waals surface area contributed by atoms with Crippen LogP contribution in [0.25, 0.3) is 5.57 Å². The molecule has 0 aliphatic carbocycles. The van der Waals surface area contributed by atoms with Gasteiger partial charge in [0.1, 0.15) is 0 Å². The Balaban J connectivity index is 2.05. The summed E-state index contributed by atoms with van der Waals surface area (Å²) in [5.74, 6) is 0.625. The van der Waals surface area contributed by atoms with Crippen LogP contribution in [0.1, 0.15) is 61.5 Å². The molecule has 1 heterocycles. The number of carbonyl (C=O) groups excluding carboxylic acids is 2. The van der Waals surface area contributed by atoms with Crippen LogP contribution in [0, 0.1) is 18.8 Å². The number of hydrogen-bond acceptors (Lipinski definition) is 4. The number of carbonyl (C=O) groups is 2. The van der Waals surface area contributed by atoms with Crippen LogP contribution >= 0.6 is 0 Å². The topological polar surface area (TPSA) is 61.4 Å². The predicted molar refractivity (Wildman–Crippen MR) is 133 cm³/mol. The van der Waals surface area contributed by atoms with Gasteiger partial charge in [-0.3, -0.25) is 9.59 Å². The molecule has 3 unspecified atom stereocenters. The van der Waals surface area contributed by atoms with E-state index < -0.39 is 0 Å². The zero-order valence-electron chi connectivity index (χ0n) is 20.2. The second-order valence-electron chi connectivity index (χ2n) is 8.74. The van der Waals surface area contributed by atoms with Crippen LogP contribution < -0.4 is 10.6 Å². The van der Waals surface area contributed by atoms with Crippen molar-refractivity contribution < 1.29 is 9.59 Å². The Morgan fingerprint density at radius 1 is 1.28 bits per heavy atom. The van der Waals surface area contributed by atoms with E-state index in [1.807, 2.05) is 25.3 Å². The van der Waals surface area contributed by atoms with Crippen LogP contribution in [-0.2, 0) is 4.79 Å². The molecule has 5 nitrogen and oxygen atoms in total. The summed E-state index contributed by atoms with van der Waals surface area (Å²) >= 11 is 0. The molecule has 174 valence electrons. The minimum atomic E-state index is -0.210. The molecule has 1 aromatic rings. The van der Waals surface area contributed by atoms with Gasteiger partial charge >= 0.3 is 0 Å². The lowest BCUT2D eigenvalue weighted by Crippen LogP contribution is -2.29. The normalized spacial score (nSPS) is 19.4. The zero-order valence-corrected chi connectivity index (χ0v) is 20.2. The number of benzene rings is 1. The number of rotatable bonds is 11. The molecule has 0 saturated carbocycles. The fourth-order valence-electron chi connectivity index (χ4n) is 4.31.